The van der Waals surface area contributed by atoms with Crippen molar-refractivity contribution in [1.82, 2.24) is 0 Å². The highest BCUT2D eigenvalue weighted by molar-refractivity contribution is 6.30. The van der Waals surface area contributed by atoms with E-state index in [1.165, 1.54) is 30.3 Å². The summed E-state index contributed by atoms with van der Waals surface area (Å²) in [5.41, 5.74) is 0.331. The third-order valence-electron chi connectivity index (χ3n) is 2.34. The molecule has 3 N–H and O–H groups in total. The molecule has 0 spiro atoms. The Kier molecular flexibility index (Phi) is 3.43. The molecule has 0 radical (unpaired) electrons. The fourth-order valence-corrected chi connectivity index (χ4v) is 1.75. The van der Waals surface area contributed by atoms with Crippen LogP contribution in [0.25, 0.3) is 0 Å². The second-order valence-electron chi connectivity index (χ2n) is 3.78. The highest BCUT2D eigenvalue weighted by Gasteiger charge is 2.14. The molecule has 2 aromatic rings. The first-order chi connectivity index (χ1) is 8.95. The van der Waals surface area contributed by atoms with Crippen molar-refractivity contribution in [3.63, 3.8) is 0 Å². The first-order valence-corrected chi connectivity index (χ1v) is 5.57. The zero-order chi connectivity index (χ0) is 14.0. The molecule has 0 aliphatic carbocycles. The summed E-state index contributed by atoms with van der Waals surface area (Å²) >= 11 is 5.70. The normalized spacial score (nSPS) is 10.2. The Bertz CT molecular complexity index is 625. The van der Waals surface area contributed by atoms with E-state index in [1.54, 1.807) is 0 Å². The van der Waals surface area contributed by atoms with Crippen molar-refractivity contribution in [1.29, 1.82) is 0 Å². The quantitative estimate of drug-likeness (QED) is 0.591. The van der Waals surface area contributed by atoms with Gasteiger partial charge < -0.3 is 15.5 Å². The number of hydrogen-bond donors (Lipinski definition) is 3. The summed E-state index contributed by atoms with van der Waals surface area (Å²) in [5.74, 6) is -0.307. The topological polar surface area (TPSA) is 95.6 Å². The van der Waals surface area contributed by atoms with Gasteiger partial charge in [-0.1, -0.05) is 11.6 Å². The molecule has 0 unspecified atom stereocenters. The standard InChI is InChI=1S/C12H9ClN2O4/c13-7-1-2-11(12(3-7)15(18)19)14-8-4-9(16)6-10(17)5-8/h1-6,14,16-17H. The van der Waals surface area contributed by atoms with E-state index in [1.807, 2.05) is 0 Å². The van der Waals surface area contributed by atoms with Crippen LogP contribution in [0.15, 0.2) is 36.4 Å². The Morgan fingerprint density at radius 3 is 2.32 bits per heavy atom. The number of phenolic OH excluding ortho intramolecular Hbond substituents is 2. The predicted octanol–water partition coefficient (Wildman–Crippen LogP) is 3.40. The smallest absolute Gasteiger partial charge is 0.294 e. The highest BCUT2D eigenvalue weighted by Crippen LogP contribution is 2.32. The number of halogens is 1. The minimum atomic E-state index is -0.573. The molecule has 0 aromatic heterocycles. The molecule has 0 aliphatic heterocycles. The van der Waals surface area contributed by atoms with Crippen LogP contribution in [0.2, 0.25) is 5.02 Å². The molecule has 0 bridgehead atoms. The monoisotopic (exact) mass is 280 g/mol. The molecule has 0 amide bonds. The van der Waals surface area contributed by atoms with E-state index in [9.17, 15) is 20.3 Å². The number of aromatic hydroxyl groups is 2. The third-order valence-corrected chi connectivity index (χ3v) is 2.57. The van der Waals surface area contributed by atoms with E-state index < -0.39 is 4.92 Å². The Morgan fingerprint density at radius 1 is 1.11 bits per heavy atom. The molecule has 2 rings (SSSR count). The number of benzene rings is 2. The molecule has 19 heavy (non-hydrogen) atoms. The number of nitro benzene ring substituents is 1. The van der Waals surface area contributed by atoms with Gasteiger partial charge in [-0.15, -0.1) is 0 Å². The van der Waals surface area contributed by atoms with Gasteiger partial charge in [0.05, 0.1) is 4.92 Å². The van der Waals surface area contributed by atoms with E-state index in [-0.39, 0.29) is 27.9 Å². The van der Waals surface area contributed by atoms with Gasteiger partial charge in [-0.05, 0) is 12.1 Å². The summed E-state index contributed by atoms with van der Waals surface area (Å²) in [7, 11) is 0. The zero-order valence-electron chi connectivity index (χ0n) is 9.50. The van der Waals surface area contributed by atoms with Crippen molar-refractivity contribution in [2.45, 2.75) is 0 Å². The van der Waals surface area contributed by atoms with Crippen LogP contribution in [0.3, 0.4) is 0 Å². The Labute approximate surface area is 113 Å². The largest absolute Gasteiger partial charge is 0.508 e. The third kappa shape index (κ3) is 3.05. The Balaban J connectivity index is 2.40. The number of nitro groups is 1. The molecule has 0 aliphatic rings. The minimum Gasteiger partial charge on any atom is -0.508 e. The number of rotatable bonds is 3. The summed E-state index contributed by atoms with van der Waals surface area (Å²) < 4.78 is 0. The summed E-state index contributed by atoms with van der Waals surface area (Å²) in [4.78, 5) is 10.3. The predicted molar refractivity (Wildman–Crippen MR) is 71.2 cm³/mol. The van der Waals surface area contributed by atoms with Crippen molar-refractivity contribution in [3.05, 3.63) is 51.5 Å². The van der Waals surface area contributed by atoms with Gasteiger partial charge in [-0.2, -0.15) is 0 Å². The van der Waals surface area contributed by atoms with Gasteiger partial charge in [-0.3, -0.25) is 10.1 Å². The summed E-state index contributed by atoms with van der Waals surface area (Å²) in [6.07, 6.45) is 0. The molecule has 2 aromatic carbocycles. The van der Waals surface area contributed by atoms with E-state index >= 15 is 0 Å². The fourth-order valence-electron chi connectivity index (χ4n) is 1.58. The van der Waals surface area contributed by atoms with Gasteiger partial charge in [0.25, 0.3) is 5.69 Å². The lowest BCUT2D eigenvalue weighted by molar-refractivity contribution is -0.383. The average Bonchev–Trinajstić information content (AvgIpc) is 2.30. The SMILES string of the molecule is O=[N+]([O-])c1cc(Cl)ccc1Nc1cc(O)cc(O)c1. The summed E-state index contributed by atoms with van der Waals surface area (Å²) in [5, 5.41) is 32.6. The van der Waals surface area contributed by atoms with E-state index in [0.717, 1.165) is 6.07 Å². The molecule has 0 atom stereocenters. The maximum atomic E-state index is 10.9. The molecular weight excluding hydrogens is 272 g/mol. The van der Waals surface area contributed by atoms with Crippen LogP contribution >= 0.6 is 11.6 Å². The molecule has 0 saturated carbocycles. The van der Waals surface area contributed by atoms with Gasteiger partial charge in [0.15, 0.2) is 0 Å². The Morgan fingerprint density at radius 2 is 1.74 bits per heavy atom. The number of hydrogen-bond acceptors (Lipinski definition) is 5. The van der Waals surface area contributed by atoms with Crippen LogP contribution in [0.4, 0.5) is 17.1 Å². The van der Waals surface area contributed by atoms with Gasteiger partial charge in [0.2, 0.25) is 0 Å². The zero-order valence-corrected chi connectivity index (χ0v) is 10.3. The summed E-state index contributed by atoms with van der Waals surface area (Å²) in [6, 6.07) is 7.98. The van der Waals surface area contributed by atoms with Gasteiger partial charge in [0, 0.05) is 35.0 Å². The lowest BCUT2D eigenvalue weighted by Gasteiger charge is -2.08. The molecule has 0 heterocycles. The number of phenols is 2. The van der Waals surface area contributed by atoms with E-state index in [2.05, 4.69) is 5.32 Å². The molecule has 7 heteroatoms. The van der Waals surface area contributed by atoms with Gasteiger partial charge in [0.1, 0.15) is 17.2 Å². The van der Waals surface area contributed by atoms with Gasteiger partial charge in [-0.25, -0.2) is 0 Å². The molecule has 98 valence electrons. The fraction of sp³-hybridized carbons (Fsp3) is 0. The van der Waals surface area contributed by atoms with Gasteiger partial charge >= 0.3 is 0 Å². The lowest BCUT2D eigenvalue weighted by Crippen LogP contribution is -1.96. The highest BCUT2D eigenvalue weighted by atomic mass is 35.5. The maximum absolute atomic E-state index is 10.9. The average molecular weight is 281 g/mol. The first kappa shape index (κ1) is 13.0. The molecular formula is C12H9ClN2O4. The van der Waals surface area contributed by atoms with Crippen molar-refractivity contribution in [2.75, 3.05) is 5.32 Å². The van der Waals surface area contributed by atoms with E-state index in [0.29, 0.717) is 5.69 Å². The molecule has 0 fully saturated rings. The lowest BCUT2D eigenvalue weighted by atomic mass is 10.2. The second kappa shape index (κ2) is 5.03. The van der Waals surface area contributed by atoms with E-state index in [4.69, 9.17) is 11.6 Å². The number of nitrogens with zero attached hydrogens (tertiary/aromatic N) is 1. The van der Waals surface area contributed by atoms with Crippen molar-refractivity contribution in [3.8, 4) is 11.5 Å². The van der Waals surface area contributed by atoms with Crippen molar-refractivity contribution < 1.29 is 15.1 Å². The Hall–Kier alpha value is -2.47. The minimum absolute atomic E-state index is 0.154. The van der Waals surface area contributed by atoms with Crippen LogP contribution < -0.4 is 5.32 Å². The number of anilines is 2. The summed E-state index contributed by atoms with van der Waals surface area (Å²) in [6.45, 7) is 0. The maximum Gasteiger partial charge on any atom is 0.294 e. The second-order valence-corrected chi connectivity index (χ2v) is 4.22. The molecule has 0 saturated heterocycles. The van der Waals surface area contributed by atoms with Crippen LogP contribution in [0.1, 0.15) is 0 Å². The van der Waals surface area contributed by atoms with Crippen LogP contribution in [0, 0.1) is 10.1 Å². The van der Waals surface area contributed by atoms with Crippen molar-refractivity contribution in [2.24, 2.45) is 0 Å². The van der Waals surface area contributed by atoms with Crippen LogP contribution in [0.5, 0.6) is 11.5 Å². The molecule has 6 nitrogen and oxygen atoms in total. The first-order valence-electron chi connectivity index (χ1n) is 5.20. The number of nitrogens with one attached hydrogen (secondary N) is 1. The van der Waals surface area contributed by atoms with Crippen molar-refractivity contribution >= 4 is 28.7 Å². The van der Waals surface area contributed by atoms with Crippen LogP contribution in [-0.2, 0) is 0 Å². The van der Waals surface area contributed by atoms with Crippen LogP contribution in [-0.4, -0.2) is 15.1 Å².